The van der Waals surface area contributed by atoms with E-state index in [0.717, 1.165) is 17.3 Å². The molecule has 0 aliphatic carbocycles. The van der Waals surface area contributed by atoms with Gasteiger partial charge in [0, 0.05) is 11.7 Å². The molecule has 0 bridgehead atoms. The maximum absolute atomic E-state index is 14.6. The molecule has 35 heavy (non-hydrogen) atoms. The average molecular weight is 485 g/mol. The minimum Gasteiger partial charge on any atom is -0.497 e. The van der Waals surface area contributed by atoms with Crippen molar-refractivity contribution in [2.24, 2.45) is 0 Å². The zero-order valence-corrected chi connectivity index (χ0v) is 19.3. The van der Waals surface area contributed by atoms with E-state index in [1.165, 1.54) is 4.90 Å². The third-order valence-electron chi connectivity index (χ3n) is 5.68. The first-order chi connectivity index (χ1) is 16.6. The van der Waals surface area contributed by atoms with Gasteiger partial charge in [0.05, 0.1) is 35.8 Å². The van der Waals surface area contributed by atoms with Crippen molar-refractivity contribution in [1.29, 1.82) is 0 Å². The molecule has 1 heterocycles. The van der Waals surface area contributed by atoms with Crippen LogP contribution in [-0.4, -0.2) is 33.5 Å². The van der Waals surface area contributed by atoms with Crippen LogP contribution >= 0.6 is 0 Å². The standard InChI is InChI=1S/C26H23F4N3O2/c1-16(2)32(25(34)20-13-8-17(14-21(20)27)26(28,29)30)15-24-31-22-6-4-5-7-23(22)33(24)18-9-11-19(35-3)12-10-18/h4-14,16H,15H2,1-3H3. The Morgan fingerprint density at radius 1 is 1.06 bits per heavy atom. The molecule has 0 radical (unpaired) electrons. The number of ether oxygens (including phenoxy) is 1. The number of rotatable bonds is 6. The molecular weight excluding hydrogens is 462 g/mol. The van der Waals surface area contributed by atoms with Crippen molar-refractivity contribution in [2.75, 3.05) is 7.11 Å². The number of carbonyl (C=O) groups is 1. The Kier molecular flexibility index (Phi) is 6.51. The molecule has 0 spiro atoms. The van der Waals surface area contributed by atoms with Gasteiger partial charge < -0.3 is 9.64 Å². The quantitative estimate of drug-likeness (QED) is 0.304. The van der Waals surface area contributed by atoms with Crippen LogP contribution in [-0.2, 0) is 12.7 Å². The van der Waals surface area contributed by atoms with Gasteiger partial charge >= 0.3 is 6.18 Å². The molecule has 0 saturated heterocycles. The van der Waals surface area contributed by atoms with Gasteiger partial charge in [-0.3, -0.25) is 9.36 Å². The first-order valence-corrected chi connectivity index (χ1v) is 10.9. The smallest absolute Gasteiger partial charge is 0.416 e. The fourth-order valence-electron chi connectivity index (χ4n) is 3.86. The third kappa shape index (κ3) is 4.84. The molecule has 1 amide bonds. The van der Waals surface area contributed by atoms with Crippen LogP contribution in [0.3, 0.4) is 0 Å². The molecule has 4 rings (SSSR count). The minimum absolute atomic E-state index is 0.0116. The third-order valence-corrected chi connectivity index (χ3v) is 5.68. The maximum Gasteiger partial charge on any atom is 0.416 e. The predicted molar refractivity (Wildman–Crippen MR) is 124 cm³/mol. The van der Waals surface area contributed by atoms with Crippen LogP contribution in [0.5, 0.6) is 5.75 Å². The average Bonchev–Trinajstić information content (AvgIpc) is 3.19. The first kappa shape index (κ1) is 24.3. The summed E-state index contributed by atoms with van der Waals surface area (Å²) in [5.74, 6) is -0.749. The van der Waals surface area contributed by atoms with Gasteiger partial charge in [-0.1, -0.05) is 12.1 Å². The number of nitrogens with zero attached hydrogens (tertiary/aromatic N) is 3. The fourth-order valence-corrected chi connectivity index (χ4v) is 3.86. The second-order valence-electron chi connectivity index (χ2n) is 8.27. The van der Waals surface area contributed by atoms with Crippen LogP contribution < -0.4 is 4.74 Å². The second kappa shape index (κ2) is 9.40. The van der Waals surface area contributed by atoms with E-state index in [0.29, 0.717) is 29.2 Å². The maximum atomic E-state index is 14.6. The Balaban J connectivity index is 1.75. The largest absolute Gasteiger partial charge is 0.497 e. The molecule has 4 aromatic rings. The molecule has 5 nitrogen and oxygen atoms in total. The SMILES string of the molecule is COc1ccc(-n2c(CN(C(=O)c3ccc(C(F)(F)F)cc3F)C(C)C)nc3ccccc32)cc1. The number of hydrogen-bond donors (Lipinski definition) is 0. The van der Waals surface area contributed by atoms with Gasteiger partial charge in [-0.05, 0) is 68.4 Å². The van der Waals surface area contributed by atoms with Crippen LogP contribution in [0.4, 0.5) is 17.6 Å². The highest BCUT2D eigenvalue weighted by molar-refractivity contribution is 5.94. The topological polar surface area (TPSA) is 47.4 Å². The molecule has 9 heteroatoms. The number of aromatic nitrogens is 2. The Labute approximate surface area is 199 Å². The number of fused-ring (bicyclic) bond motifs is 1. The lowest BCUT2D eigenvalue weighted by atomic mass is 10.1. The number of halogens is 4. The minimum atomic E-state index is -4.70. The number of carbonyl (C=O) groups excluding carboxylic acids is 1. The van der Waals surface area contributed by atoms with Gasteiger partial charge in [0.25, 0.3) is 5.91 Å². The van der Waals surface area contributed by atoms with Gasteiger partial charge in [0.1, 0.15) is 17.4 Å². The van der Waals surface area contributed by atoms with Crippen molar-refractivity contribution in [3.63, 3.8) is 0 Å². The highest BCUT2D eigenvalue weighted by atomic mass is 19.4. The van der Waals surface area contributed by atoms with Crippen molar-refractivity contribution < 1.29 is 27.1 Å². The number of imidazole rings is 1. The van der Waals surface area contributed by atoms with Gasteiger partial charge in [-0.2, -0.15) is 13.2 Å². The molecule has 0 aliphatic rings. The van der Waals surface area contributed by atoms with Crippen molar-refractivity contribution in [2.45, 2.75) is 32.6 Å². The Hall–Kier alpha value is -3.88. The summed E-state index contributed by atoms with van der Waals surface area (Å²) in [4.78, 5) is 19.3. The summed E-state index contributed by atoms with van der Waals surface area (Å²) in [6.07, 6.45) is -4.70. The Bertz CT molecular complexity index is 1360. The monoisotopic (exact) mass is 485 g/mol. The van der Waals surface area contributed by atoms with Crippen LogP contribution in [0.1, 0.15) is 35.6 Å². The molecule has 0 saturated carbocycles. The van der Waals surface area contributed by atoms with E-state index in [1.54, 1.807) is 33.1 Å². The second-order valence-corrected chi connectivity index (χ2v) is 8.27. The summed E-state index contributed by atoms with van der Waals surface area (Å²) in [6, 6.07) is 16.3. The molecule has 0 unspecified atom stereocenters. The van der Waals surface area contributed by atoms with Crippen molar-refractivity contribution >= 4 is 16.9 Å². The van der Waals surface area contributed by atoms with E-state index < -0.39 is 29.0 Å². The van der Waals surface area contributed by atoms with E-state index in [-0.39, 0.29) is 12.6 Å². The molecule has 0 N–H and O–H groups in total. The number of hydrogen-bond acceptors (Lipinski definition) is 3. The van der Waals surface area contributed by atoms with Crippen LogP contribution in [0.15, 0.2) is 66.7 Å². The van der Waals surface area contributed by atoms with Crippen molar-refractivity contribution in [3.05, 3.63) is 89.5 Å². The molecule has 182 valence electrons. The molecule has 0 fully saturated rings. The van der Waals surface area contributed by atoms with Gasteiger partial charge in [-0.15, -0.1) is 0 Å². The lowest BCUT2D eigenvalue weighted by Gasteiger charge is -2.27. The van der Waals surface area contributed by atoms with E-state index in [9.17, 15) is 22.4 Å². The summed E-state index contributed by atoms with van der Waals surface area (Å²) < 4.78 is 60.6. The number of para-hydroxylation sites is 2. The Morgan fingerprint density at radius 2 is 1.74 bits per heavy atom. The van der Waals surface area contributed by atoms with Gasteiger partial charge in [-0.25, -0.2) is 9.37 Å². The predicted octanol–water partition coefficient (Wildman–Crippen LogP) is 6.24. The van der Waals surface area contributed by atoms with Crippen LogP contribution in [0.25, 0.3) is 16.7 Å². The fraction of sp³-hybridized carbons (Fsp3) is 0.231. The highest BCUT2D eigenvalue weighted by Crippen LogP contribution is 2.31. The summed E-state index contributed by atoms with van der Waals surface area (Å²) in [5, 5.41) is 0. The Morgan fingerprint density at radius 3 is 2.34 bits per heavy atom. The van der Waals surface area contributed by atoms with Crippen molar-refractivity contribution in [3.8, 4) is 11.4 Å². The number of methoxy groups -OCH3 is 1. The summed E-state index contributed by atoms with van der Waals surface area (Å²) >= 11 is 0. The van der Waals surface area contributed by atoms with Crippen molar-refractivity contribution in [1.82, 2.24) is 14.5 Å². The van der Waals surface area contributed by atoms with E-state index in [2.05, 4.69) is 0 Å². The zero-order valence-electron chi connectivity index (χ0n) is 19.3. The lowest BCUT2D eigenvalue weighted by molar-refractivity contribution is -0.137. The molecule has 3 aromatic carbocycles. The van der Waals surface area contributed by atoms with Gasteiger partial charge in [0.15, 0.2) is 0 Å². The van der Waals surface area contributed by atoms with E-state index in [4.69, 9.17) is 9.72 Å². The molecule has 0 aliphatic heterocycles. The first-order valence-electron chi connectivity index (χ1n) is 10.9. The van der Waals surface area contributed by atoms with Gasteiger partial charge in [0.2, 0.25) is 0 Å². The number of amides is 1. The van der Waals surface area contributed by atoms with E-state index in [1.807, 2.05) is 41.0 Å². The van der Waals surface area contributed by atoms with Crippen LogP contribution in [0.2, 0.25) is 0 Å². The summed E-state index contributed by atoms with van der Waals surface area (Å²) in [7, 11) is 1.57. The molecular formula is C26H23F4N3O2. The summed E-state index contributed by atoms with van der Waals surface area (Å²) in [5.41, 5.74) is 0.717. The van der Waals surface area contributed by atoms with E-state index >= 15 is 0 Å². The zero-order chi connectivity index (χ0) is 25.3. The van der Waals surface area contributed by atoms with Crippen LogP contribution in [0, 0.1) is 5.82 Å². The number of benzene rings is 3. The summed E-state index contributed by atoms with van der Waals surface area (Å²) in [6.45, 7) is 3.51. The normalized spacial score (nSPS) is 11.8. The molecule has 0 atom stereocenters. The highest BCUT2D eigenvalue weighted by Gasteiger charge is 2.32. The molecule has 1 aromatic heterocycles. The number of alkyl halides is 3. The lowest BCUT2D eigenvalue weighted by Crippen LogP contribution is -2.37.